The molecule has 0 spiro atoms. The van der Waals surface area contributed by atoms with Crippen molar-refractivity contribution in [2.45, 2.75) is 36.8 Å². The molecule has 0 aromatic carbocycles. The number of hydrogen-bond acceptors (Lipinski definition) is 4. The van der Waals surface area contributed by atoms with Crippen molar-refractivity contribution in [1.82, 2.24) is 9.21 Å². The third kappa shape index (κ3) is 3.61. The molecule has 2 aliphatic rings. The Kier molecular flexibility index (Phi) is 5.08. The molecule has 128 valence electrons. The van der Waals surface area contributed by atoms with Crippen LogP contribution in [-0.4, -0.2) is 49.7 Å². The Morgan fingerprint density at radius 3 is 2.70 bits per heavy atom. The van der Waals surface area contributed by atoms with Crippen LogP contribution in [0, 0.1) is 11.8 Å². The number of amides is 1. The second-order valence-corrected chi connectivity index (χ2v) is 9.78. The molecule has 1 aromatic heterocycles. The van der Waals surface area contributed by atoms with Crippen LogP contribution < -0.4 is 0 Å². The zero-order valence-electron chi connectivity index (χ0n) is 13.5. The summed E-state index contributed by atoms with van der Waals surface area (Å²) in [5.74, 6) is 0.494. The molecule has 0 aliphatic carbocycles. The molecule has 0 bridgehead atoms. The number of carbonyl (C=O) groups excluding carboxylic acids is 1. The Bertz CT molecular complexity index is 642. The van der Waals surface area contributed by atoms with Gasteiger partial charge in [-0.15, -0.1) is 11.3 Å². The molecule has 23 heavy (non-hydrogen) atoms. The van der Waals surface area contributed by atoms with Crippen LogP contribution in [0.1, 0.15) is 32.6 Å². The quantitative estimate of drug-likeness (QED) is 0.836. The minimum absolute atomic E-state index is 0.141. The van der Waals surface area contributed by atoms with Gasteiger partial charge in [-0.3, -0.25) is 4.79 Å². The highest BCUT2D eigenvalue weighted by molar-refractivity contribution is 7.91. The van der Waals surface area contributed by atoms with Crippen LogP contribution in [0.15, 0.2) is 21.7 Å². The first kappa shape index (κ1) is 16.9. The van der Waals surface area contributed by atoms with Gasteiger partial charge in [0.25, 0.3) is 10.0 Å². The number of rotatable bonds is 3. The smallest absolute Gasteiger partial charge is 0.252 e. The van der Waals surface area contributed by atoms with Crippen LogP contribution in [0.5, 0.6) is 0 Å². The molecular formula is C16H24N2O3S2. The van der Waals surface area contributed by atoms with Gasteiger partial charge in [0.15, 0.2) is 0 Å². The number of sulfonamides is 1. The highest BCUT2D eigenvalue weighted by Gasteiger charge is 2.36. The van der Waals surface area contributed by atoms with Crippen molar-refractivity contribution in [3.05, 3.63) is 17.5 Å². The van der Waals surface area contributed by atoms with Gasteiger partial charge in [0.05, 0.1) is 5.92 Å². The van der Waals surface area contributed by atoms with E-state index in [1.165, 1.54) is 22.1 Å². The summed E-state index contributed by atoms with van der Waals surface area (Å²) in [6.07, 6.45) is 3.77. The molecular weight excluding hydrogens is 332 g/mol. The van der Waals surface area contributed by atoms with Crippen LogP contribution in [0.2, 0.25) is 0 Å². The Morgan fingerprint density at radius 1 is 1.22 bits per heavy atom. The minimum atomic E-state index is -3.45. The van der Waals surface area contributed by atoms with E-state index in [-0.39, 0.29) is 11.8 Å². The molecule has 2 fully saturated rings. The predicted octanol–water partition coefficient (Wildman–Crippen LogP) is 2.41. The third-order valence-electron chi connectivity index (χ3n) is 4.79. The summed E-state index contributed by atoms with van der Waals surface area (Å²) < 4.78 is 27.2. The molecule has 0 unspecified atom stereocenters. The van der Waals surface area contributed by atoms with E-state index in [2.05, 4.69) is 6.92 Å². The van der Waals surface area contributed by atoms with E-state index in [1.54, 1.807) is 17.5 Å². The fourth-order valence-corrected chi connectivity index (χ4v) is 6.22. The van der Waals surface area contributed by atoms with E-state index in [0.717, 1.165) is 32.4 Å². The summed E-state index contributed by atoms with van der Waals surface area (Å²) >= 11 is 1.24. The van der Waals surface area contributed by atoms with Crippen molar-refractivity contribution in [1.29, 1.82) is 0 Å². The lowest BCUT2D eigenvalue weighted by Crippen LogP contribution is -2.48. The maximum absolute atomic E-state index is 12.8. The van der Waals surface area contributed by atoms with E-state index in [0.29, 0.717) is 23.2 Å². The van der Waals surface area contributed by atoms with Gasteiger partial charge in [0, 0.05) is 26.2 Å². The van der Waals surface area contributed by atoms with Crippen LogP contribution in [0.4, 0.5) is 0 Å². The topological polar surface area (TPSA) is 57.7 Å². The van der Waals surface area contributed by atoms with Crippen molar-refractivity contribution in [3.63, 3.8) is 0 Å². The maximum atomic E-state index is 12.8. The zero-order valence-corrected chi connectivity index (χ0v) is 15.1. The van der Waals surface area contributed by atoms with Gasteiger partial charge in [0.1, 0.15) is 4.21 Å². The van der Waals surface area contributed by atoms with Gasteiger partial charge in [-0.05, 0) is 43.0 Å². The van der Waals surface area contributed by atoms with E-state index in [9.17, 15) is 13.2 Å². The summed E-state index contributed by atoms with van der Waals surface area (Å²) in [4.78, 5) is 14.7. The molecule has 7 heteroatoms. The molecule has 0 saturated carbocycles. The Morgan fingerprint density at radius 2 is 2.00 bits per heavy atom. The van der Waals surface area contributed by atoms with Crippen molar-refractivity contribution in [2.75, 3.05) is 26.2 Å². The number of nitrogens with zero attached hydrogens (tertiary/aromatic N) is 2. The lowest BCUT2D eigenvalue weighted by Gasteiger charge is -2.37. The lowest BCUT2D eigenvalue weighted by atomic mass is 9.94. The monoisotopic (exact) mass is 356 g/mol. The van der Waals surface area contributed by atoms with Crippen molar-refractivity contribution in [2.24, 2.45) is 11.8 Å². The van der Waals surface area contributed by atoms with Crippen LogP contribution in [0.25, 0.3) is 0 Å². The summed E-state index contributed by atoms with van der Waals surface area (Å²) in [6.45, 7) is 4.64. The number of likely N-dealkylation sites (tertiary alicyclic amines) is 1. The summed E-state index contributed by atoms with van der Waals surface area (Å²) in [7, 11) is -3.45. The Labute approximate surface area is 142 Å². The molecule has 5 nitrogen and oxygen atoms in total. The molecule has 1 aromatic rings. The van der Waals surface area contributed by atoms with Crippen molar-refractivity contribution >= 4 is 27.3 Å². The fourth-order valence-electron chi connectivity index (χ4n) is 3.55. The number of piperidine rings is 2. The highest BCUT2D eigenvalue weighted by atomic mass is 32.2. The first-order chi connectivity index (χ1) is 11.0. The van der Waals surface area contributed by atoms with E-state index in [1.807, 2.05) is 4.90 Å². The standard InChI is InChI=1S/C16H24N2O3S2/c1-13-5-2-8-17(11-13)16(19)14-6-3-9-18(12-14)23(20,21)15-7-4-10-22-15/h4,7,10,13-14H,2-3,5-6,8-9,11-12H2,1H3/t13-,14+/m1/s1. The van der Waals surface area contributed by atoms with Gasteiger partial charge in [-0.1, -0.05) is 13.0 Å². The molecule has 2 atom stereocenters. The molecule has 0 N–H and O–H groups in total. The van der Waals surface area contributed by atoms with Crippen molar-refractivity contribution in [3.8, 4) is 0 Å². The first-order valence-corrected chi connectivity index (χ1v) is 10.6. The van der Waals surface area contributed by atoms with Gasteiger partial charge in [-0.25, -0.2) is 8.42 Å². The highest BCUT2D eigenvalue weighted by Crippen LogP contribution is 2.28. The average Bonchev–Trinajstić information content (AvgIpc) is 3.09. The van der Waals surface area contributed by atoms with Crippen molar-refractivity contribution < 1.29 is 13.2 Å². The summed E-state index contributed by atoms with van der Waals surface area (Å²) in [6, 6.07) is 3.39. The Balaban J connectivity index is 1.70. The molecule has 0 radical (unpaired) electrons. The lowest BCUT2D eigenvalue weighted by molar-refractivity contribution is -0.138. The normalized spacial score (nSPS) is 27.1. The molecule has 2 aliphatic heterocycles. The van der Waals surface area contributed by atoms with Crippen LogP contribution in [0.3, 0.4) is 0 Å². The van der Waals surface area contributed by atoms with Gasteiger partial charge in [0.2, 0.25) is 5.91 Å². The predicted molar refractivity (Wildman–Crippen MR) is 90.8 cm³/mol. The zero-order chi connectivity index (χ0) is 16.4. The van der Waals surface area contributed by atoms with Gasteiger partial charge < -0.3 is 4.90 Å². The second kappa shape index (κ2) is 6.91. The van der Waals surface area contributed by atoms with E-state index in [4.69, 9.17) is 0 Å². The van der Waals surface area contributed by atoms with Gasteiger partial charge in [-0.2, -0.15) is 4.31 Å². The largest absolute Gasteiger partial charge is 0.342 e. The molecule has 2 saturated heterocycles. The summed E-state index contributed by atoms with van der Waals surface area (Å²) in [5.41, 5.74) is 0. The number of hydrogen-bond donors (Lipinski definition) is 0. The van der Waals surface area contributed by atoms with E-state index < -0.39 is 10.0 Å². The summed E-state index contributed by atoms with van der Waals surface area (Å²) in [5, 5.41) is 1.77. The fraction of sp³-hybridized carbons (Fsp3) is 0.688. The Hall–Kier alpha value is -0.920. The first-order valence-electron chi connectivity index (χ1n) is 8.31. The molecule has 3 rings (SSSR count). The van der Waals surface area contributed by atoms with Crippen LogP contribution >= 0.6 is 11.3 Å². The van der Waals surface area contributed by atoms with Crippen LogP contribution in [-0.2, 0) is 14.8 Å². The second-order valence-electron chi connectivity index (χ2n) is 6.67. The van der Waals surface area contributed by atoms with Gasteiger partial charge >= 0.3 is 0 Å². The SMILES string of the molecule is C[C@@H]1CCCN(C(=O)[C@H]2CCCN(S(=O)(=O)c3cccs3)C2)C1. The minimum Gasteiger partial charge on any atom is -0.342 e. The maximum Gasteiger partial charge on any atom is 0.252 e. The number of carbonyl (C=O) groups is 1. The molecule has 1 amide bonds. The van der Waals surface area contributed by atoms with E-state index >= 15 is 0 Å². The average molecular weight is 357 g/mol. The number of thiophene rings is 1. The molecule has 3 heterocycles. The third-order valence-corrected chi connectivity index (χ3v) is 8.03.